The number of hydrogen-bond donors (Lipinski definition) is 1. The Kier molecular flexibility index (Phi) is 3.11. The molecule has 0 unspecified atom stereocenters. The summed E-state index contributed by atoms with van der Waals surface area (Å²) in [5.74, 6) is -0.346. The molecule has 2 aromatic rings. The smallest absolute Gasteiger partial charge is 0.350 e. The summed E-state index contributed by atoms with van der Waals surface area (Å²) in [5.41, 5.74) is 9.03. The monoisotopic (exact) mass is 293 g/mol. The van der Waals surface area contributed by atoms with Crippen LogP contribution in [0, 0.1) is 6.92 Å². The minimum atomic E-state index is -0.346. The van der Waals surface area contributed by atoms with E-state index in [2.05, 4.69) is 6.07 Å². The number of carbonyl (C=O) groups excluding carboxylic acids is 1. The standard InChI is InChI=1S/C14H15NO2S2/c1-7-11(15)13(14(16)17-2)19-12(7)10-6-8-4-3-5-9(8)18-10/h6H,3-5,15H2,1-2H3. The quantitative estimate of drug-likeness (QED) is 0.860. The number of anilines is 1. The molecule has 0 amide bonds. The number of nitrogen functional groups attached to an aromatic ring is 1. The number of esters is 1. The molecule has 3 nitrogen and oxygen atoms in total. The minimum Gasteiger partial charge on any atom is -0.465 e. The molecule has 2 heterocycles. The summed E-state index contributed by atoms with van der Waals surface area (Å²) in [6, 6.07) is 2.26. The maximum Gasteiger partial charge on any atom is 0.350 e. The predicted molar refractivity (Wildman–Crippen MR) is 80.1 cm³/mol. The topological polar surface area (TPSA) is 52.3 Å². The van der Waals surface area contributed by atoms with Crippen molar-refractivity contribution in [3.63, 3.8) is 0 Å². The summed E-state index contributed by atoms with van der Waals surface area (Å²) in [4.78, 5) is 16.0. The number of fused-ring (bicyclic) bond motifs is 1. The molecule has 3 rings (SSSR count). The van der Waals surface area contributed by atoms with Gasteiger partial charge in [-0.1, -0.05) is 0 Å². The summed E-state index contributed by atoms with van der Waals surface area (Å²) < 4.78 is 4.78. The van der Waals surface area contributed by atoms with Crippen molar-refractivity contribution in [2.45, 2.75) is 26.2 Å². The van der Waals surface area contributed by atoms with Gasteiger partial charge in [0.2, 0.25) is 0 Å². The third-order valence-corrected chi connectivity index (χ3v) is 6.24. The normalized spacial score (nSPS) is 13.6. The number of aryl methyl sites for hydroxylation is 2. The van der Waals surface area contributed by atoms with E-state index in [4.69, 9.17) is 10.5 Å². The van der Waals surface area contributed by atoms with E-state index in [1.165, 1.54) is 53.0 Å². The second kappa shape index (κ2) is 4.65. The van der Waals surface area contributed by atoms with Crippen molar-refractivity contribution in [2.75, 3.05) is 12.8 Å². The number of hydrogen-bond acceptors (Lipinski definition) is 5. The van der Waals surface area contributed by atoms with Gasteiger partial charge in [-0.25, -0.2) is 4.79 Å². The van der Waals surface area contributed by atoms with Gasteiger partial charge in [0.1, 0.15) is 4.88 Å². The van der Waals surface area contributed by atoms with Crippen molar-refractivity contribution in [3.05, 3.63) is 26.9 Å². The van der Waals surface area contributed by atoms with Crippen LogP contribution in [0.2, 0.25) is 0 Å². The second-order valence-corrected chi connectivity index (χ2v) is 6.86. The number of carbonyl (C=O) groups is 1. The summed E-state index contributed by atoms with van der Waals surface area (Å²) in [7, 11) is 1.39. The molecule has 2 N–H and O–H groups in total. The van der Waals surface area contributed by atoms with Crippen molar-refractivity contribution < 1.29 is 9.53 Å². The number of methoxy groups -OCH3 is 1. The third-order valence-electron chi connectivity index (χ3n) is 3.53. The van der Waals surface area contributed by atoms with E-state index in [1.807, 2.05) is 18.3 Å². The number of thiophene rings is 2. The molecule has 0 aromatic carbocycles. The van der Waals surface area contributed by atoms with E-state index in [-0.39, 0.29) is 5.97 Å². The first-order valence-corrected chi connectivity index (χ1v) is 7.84. The SMILES string of the molecule is COC(=O)c1sc(-c2cc3c(s2)CCC3)c(C)c1N. The van der Waals surface area contributed by atoms with Crippen LogP contribution in [-0.4, -0.2) is 13.1 Å². The lowest BCUT2D eigenvalue weighted by atomic mass is 10.2. The van der Waals surface area contributed by atoms with Crippen LogP contribution in [0.4, 0.5) is 5.69 Å². The first-order chi connectivity index (χ1) is 9.11. The molecule has 0 aliphatic heterocycles. The Hall–Kier alpha value is -1.33. The highest BCUT2D eigenvalue weighted by Crippen LogP contribution is 2.44. The summed E-state index contributed by atoms with van der Waals surface area (Å²) >= 11 is 3.27. The van der Waals surface area contributed by atoms with Crippen LogP contribution in [0.3, 0.4) is 0 Å². The van der Waals surface area contributed by atoms with Gasteiger partial charge in [0, 0.05) is 9.75 Å². The van der Waals surface area contributed by atoms with Gasteiger partial charge in [0.15, 0.2) is 0 Å². The summed E-state index contributed by atoms with van der Waals surface area (Å²) in [5, 5.41) is 0. The van der Waals surface area contributed by atoms with Crippen molar-refractivity contribution in [1.29, 1.82) is 0 Å². The van der Waals surface area contributed by atoms with E-state index < -0.39 is 0 Å². The largest absolute Gasteiger partial charge is 0.465 e. The highest BCUT2D eigenvalue weighted by molar-refractivity contribution is 7.23. The number of ether oxygens (including phenoxy) is 1. The van der Waals surface area contributed by atoms with E-state index in [1.54, 1.807) is 0 Å². The Morgan fingerprint density at radius 2 is 2.16 bits per heavy atom. The molecule has 1 aliphatic rings. The molecule has 1 aliphatic carbocycles. The zero-order valence-corrected chi connectivity index (χ0v) is 12.5. The van der Waals surface area contributed by atoms with Gasteiger partial charge in [-0.3, -0.25) is 0 Å². The van der Waals surface area contributed by atoms with Crippen LogP contribution in [0.25, 0.3) is 9.75 Å². The van der Waals surface area contributed by atoms with Crippen molar-refractivity contribution in [2.24, 2.45) is 0 Å². The van der Waals surface area contributed by atoms with Gasteiger partial charge in [0.05, 0.1) is 17.7 Å². The first kappa shape index (κ1) is 12.7. The molecule has 100 valence electrons. The van der Waals surface area contributed by atoms with E-state index in [0.717, 1.165) is 10.4 Å². The molecular formula is C14H15NO2S2. The predicted octanol–water partition coefficient (Wildman–Crippen LogP) is 3.64. The van der Waals surface area contributed by atoms with E-state index >= 15 is 0 Å². The highest BCUT2D eigenvalue weighted by atomic mass is 32.1. The molecule has 5 heteroatoms. The van der Waals surface area contributed by atoms with E-state index in [0.29, 0.717) is 10.6 Å². The fourth-order valence-corrected chi connectivity index (χ4v) is 5.00. The Morgan fingerprint density at radius 3 is 2.84 bits per heavy atom. The van der Waals surface area contributed by atoms with Crippen molar-refractivity contribution in [1.82, 2.24) is 0 Å². The average molecular weight is 293 g/mol. The molecule has 0 saturated heterocycles. The maximum atomic E-state index is 11.7. The zero-order valence-electron chi connectivity index (χ0n) is 10.9. The lowest BCUT2D eigenvalue weighted by molar-refractivity contribution is 0.0607. The lowest BCUT2D eigenvalue weighted by Crippen LogP contribution is -2.01. The molecule has 0 bridgehead atoms. The van der Waals surface area contributed by atoms with Gasteiger partial charge in [-0.05, 0) is 43.4 Å². The summed E-state index contributed by atoms with van der Waals surface area (Å²) in [6.45, 7) is 1.97. The van der Waals surface area contributed by atoms with Crippen LogP contribution >= 0.6 is 22.7 Å². The number of nitrogens with two attached hydrogens (primary N) is 1. The zero-order chi connectivity index (χ0) is 13.6. The van der Waals surface area contributed by atoms with Gasteiger partial charge >= 0.3 is 5.97 Å². The second-order valence-electron chi connectivity index (χ2n) is 4.70. The molecule has 0 radical (unpaired) electrons. The average Bonchev–Trinajstić information content (AvgIpc) is 3.04. The fourth-order valence-electron chi connectivity index (χ4n) is 2.45. The van der Waals surface area contributed by atoms with Crippen molar-refractivity contribution in [3.8, 4) is 9.75 Å². The fraction of sp³-hybridized carbons (Fsp3) is 0.357. The Bertz CT molecular complexity index is 633. The van der Waals surface area contributed by atoms with Crippen LogP contribution < -0.4 is 5.73 Å². The van der Waals surface area contributed by atoms with Gasteiger partial charge in [0.25, 0.3) is 0 Å². The van der Waals surface area contributed by atoms with E-state index in [9.17, 15) is 4.79 Å². The molecule has 0 atom stereocenters. The maximum absolute atomic E-state index is 11.7. The van der Waals surface area contributed by atoms with Gasteiger partial charge in [-0.2, -0.15) is 0 Å². The molecule has 0 fully saturated rings. The Balaban J connectivity index is 2.07. The lowest BCUT2D eigenvalue weighted by Gasteiger charge is -1.96. The first-order valence-electron chi connectivity index (χ1n) is 6.21. The van der Waals surface area contributed by atoms with Gasteiger partial charge in [-0.15, -0.1) is 22.7 Å². The number of rotatable bonds is 2. The molecule has 2 aromatic heterocycles. The third kappa shape index (κ3) is 1.97. The van der Waals surface area contributed by atoms with Crippen LogP contribution in [-0.2, 0) is 17.6 Å². The minimum absolute atomic E-state index is 0.346. The highest BCUT2D eigenvalue weighted by Gasteiger charge is 2.23. The molecule has 0 spiro atoms. The van der Waals surface area contributed by atoms with Crippen molar-refractivity contribution >= 4 is 34.3 Å². The summed E-state index contributed by atoms with van der Waals surface area (Å²) in [6.07, 6.45) is 3.62. The van der Waals surface area contributed by atoms with Gasteiger partial charge < -0.3 is 10.5 Å². The van der Waals surface area contributed by atoms with Crippen LogP contribution in [0.1, 0.15) is 32.1 Å². The Labute approximate surface area is 120 Å². The van der Waals surface area contributed by atoms with Crippen LogP contribution in [0.5, 0.6) is 0 Å². The molecular weight excluding hydrogens is 278 g/mol. The van der Waals surface area contributed by atoms with Crippen LogP contribution in [0.15, 0.2) is 6.07 Å². The molecule has 19 heavy (non-hydrogen) atoms. The molecule has 0 saturated carbocycles. The Morgan fingerprint density at radius 1 is 1.37 bits per heavy atom.